The molecule has 22 heavy (non-hydrogen) atoms. The molecule has 0 fully saturated rings. The molecule has 1 N–H and O–H groups in total. The number of benzene rings is 1. The quantitative estimate of drug-likeness (QED) is 0.707. The van der Waals surface area contributed by atoms with Crippen LogP contribution in [-0.4, -0.2) is 15.8 Å². The molecule has 0 amide bonds. The van der Waals surface area contributed by atoms with E-state index in [4.69, 9.17) is 11.6 Å². The van der Waals surface area contributed by atoms with Crippen LogP contribution in [0.25, 0.3) is 10.9 Å². The van der Waals surface area contributed by atoms with E-state index in [9.17, 15) is 18.0 Å². The van der Waals surface area contributed by atoms with E-state index >= 15 is 0 Å². The van der Waals surface area contributed by atoms with Crippen molar-refractivity contribution in [2.24, 2.45) is 0 Å². The van der Waals surface area contributed by atoms with Gasteiger partial charge in [-0.1, -0.05) is 17.7 Å². The van der Waals surface area contributed by atoms with Crippen LogP contribution in [0.15, 0.2) is 42.6 Å². The molecule has 0 saturated heterocycles. The van der Waals surface area contributed by atoms with Gasteiger partial charge in [-0.2, -0.15) is 13.2 Å². The summed E-state index contributed by atoms with van der Waals surface area (Å²) in [7, 11) is 0. The maximum absolute atomic E-state index is 12.5. The van der Waals surface area contributed by atoms with Crippen molar-refractivity contribution < 1.29 is 18.0 Å². The number of rotatable bonds is 2. The normalized spacial score (nSPS) is 11.8. The summed E-state index contributed by atoms with van der Waals surface area (Å²) in [4.78, 5) is 18.7. The molecule has 1 aromatic carbocycles. The smallest absolute Gasteiger partial charge is 0.352 e. The van der Waals surface area contributed by atoms with Crippen molar-refractivity contribution in [3.8, 4) is 0 Å². The van der Waals surface area contributed by atoms with E-state index in [1.54, 1.807) is 24.3 Å². The molecule has 2 aromatic heterocycles. The van der Waals surface area contributed by atoms with E-state index in [0.717, 1.165) is 17.5 Å². The van der Waals surface area contributed by atoms with Crippen LogP contribution >= 0.6 is 11.6 Å². The average molecular weight is 325 g/mol. The summed E-state index contributed by atoms with van der Waals surface area (Å²) < 4.78 is 37.4. The van der Waals surface area contributed by atoms with Gasteiger partial charge in [-0.05, 0) is 30.3 Å². The third-order valence-corrected chi connectivity index (χ3v) is 3.39. The lowest BCUT2D eigenvalue weighted by molar-refractivity contribution is -0.137. The molecule has 7 heteroatoms. The van der Waals surface area contributed by atoms with Crippen molar-refractivity contribution >= 4 is 28.3 Å². The number of hydrogen-bond donors (Lipinski definition) is 1. The highest BCUT2D eigenvalue weighted by atomic mass is 35.5. The van der Waals surface area contributed by atoms with Crippen LogP contribution in [0.2, 0.25) is 5.02 Å². The molecule has 0 unspecified atom stereocenters. The molecule has 3 nitrogen and oxygen atoms in total. The van der Waals surface area contributed by atoms with Crippen molar-refractivity contribution in [3.63, 3.8) is 0 Å². The van der Waals surface area contributed by atoms with Gasteiger partial charge < -0.3 is 4.98 Å². The molecule has 0 aliphatic rings. The zero-order chi connectivity index (χ0) is 15.9. The van der Waals surface area contributed by atoms with Gasteiger partial charge in [0.25, 0.3) is 0 Å². The molecular weight excluding hydrogens is 317 g/mol. The van der Waals surface area contributed by atoms with Crippen LogP contribution in [0, 0.1) is 0 Å². The Kier molecular flexibility index (Phi) is 3.41. The summed E-state index contributed by atoms with van der Waals surface area (Å²) >= 11 is 5.86. The van der Waals surface area contributed by atoms with Crippen molar-refractivity contribution in [1.29, 1.82) is 0 Å². The number of halogens is 4. The van der Waals surface area contributed by atoms with Crippen LogP contribution in [0.4, 0.5) is 13.2 Å². The fourth-order valence-corrected chi connectivity index (χ4v) is 2.23. The molecule has 0 saturated carbocycles. The summed E-state index contributed by atoms with van der Waals surface area (Å²) in [6.07, 6.45) is -3.83. The summed E-state index contributed by atoms with van der Waals surface area (Å²) in [6, 6.07) is 8.58. The van der Waals surface area contributed by atoms with Gasteiger partial charge in [0, 0.05) is 22.1 Å². The minimum atomic E-state index is -4.48. The second kappa shape index (κ2) is 5.14. The maximum Gasteiger partial charge on any atom is 0.417 e. The van der Waals surface area contributed by atoms with E-state index in [-0.39, 0.29) is 11.4 Å². The minimum Gasteiger partial charge on any atom is -0.352 e. The van der Waals surface area contributed by atoms with Gasteiger partial charge in [0.2, 0.25) is 5.78 Å². The SMILES string of the molecule is O=C(c1ccc(C(F)(F)F)cn1)c1cc2ccc(Cl)cc2[nH]1. The number of nitrogens with one attached hydrogen (secondary N) is 1. The van der Waals surface area contributed by atoms with E-state index in [1.165, 1.54) is 0 Å². The zero-order valence-electron chi connectivity index (χ0n) is 10.9. The molecular formula is C15H8ClF3N2O. The standard InChI is InChI=1S/C15H8ClF3N2O/c16-10-3-1-8-5-13(21-12(8)6-10)14(22)11-4-2-9(7-20-11)15(17,18)19/h1-7,21H. The third kappa shape index (κ3) is 2.69. The molecule has 0 bridgehead atoms. The Labute approximate surface area is 127 Å². The van der Waals surface area contributed by atoms with Gasteiger partial charge in [-0.3, -0.25) is 9.78 Å². The number of H-pyrrole nitrogens is 1. The van der Waals surface area contributed by atoms with Crippen LogP contribution in [0.1, 0.15) is 21.7 Å². The second-order valence-electron chi connectivity index (χ2n) is 4.67. The first-order chi connectivity index (χ1) is 10.3. The van der Waals surface area contributed by atoms with Crippen LogP contribution in [0.5, 0.6) is 0 Å². The van der Waals surface area contributed by atoms with E-state index in [1.807, 2.05) is 0 Å². The number of aromatic amines is 1. The second-order valence-corrected chi connectivity index (χ2v) is 5.11. The number of hydrogen-bond acceptors (Lipinski definition) is 2. The number of pyridine rings is 1. The first kappa shape index (κ1) is 14.6. The van der Waals surface area contributed by atoms with Crippen LogP contribution < -0.4 is 0 Å². The maximum atomic E-state index is 12.5. The first-order valence-corrected chi connectivity index (χ1v) is 6.58. The Morgan fingerprint density at radius 2 is 1.91 bits per heavy atom. The summed E-state index contributed by atoms with van der Waals surface area (Å²) in [6.45, 7) is 0. The lowest BCUT2D eigenvalue weighted by Crippen LogP contribution is -2.09. The molecule has 3 rings (SSSR count). The Morgan fingerprint density at radius 3 is 2.55 bits per heavy atom. The molecule has 0 aliphatic carbocycles. The zero-order valence-corrected chi connectivity index (χ0v) is 11.7. The largest absolute Gasteiger partial charge is 0.417 e. The lowest BCUT2D eigenvalue weighted by atomic mass is 10.1. The number of carbonyl (C=O) groups is 1. The molecule has 2 heterocycles. The Morgan fingerprint density at radius 1 is 1.14 bits per heavy atom. The van der Waals surface area contributed by atoms with E-state index in [2.05, 4.69) is 9.97 Å². The number of alkyl halides is 3. The number of aromatic nitrogens is 2. The van der Waals surface area contributed by atoms with Crippen LogP contribution in [0.3, 0.4) is 0 Å². The van der Waals surface area contributed by atoms with Crippen LogP contribution in [-0.2, 0) is 6.18 Å². The van der Waals surface area contributed by atoms with E-state index < -0.39 is 17.5 Å². The highest BCUT2D eigenvalue weighted by Gasteiger charge is 2.31. The first-order valence-electron chi connectivity index (χ1n) is 6.21. The molecule has 0 radical (unpaired) electrons. The molecule has 0 atom stereocenters. The summed E-state index contributed by atoms with van der Waals surface area (Å²) in [5.41, 5.74) is -0.0505. The van der Waals surface area contributed by atoms with Gasteiger partial charge in [-0.25, -0.2) is 0 Å². The van der Waals surface area contributed by atoms with Crippen molar-refractivity contribution in [2.45, 2.75) is 6.18 Å². The van der Waals surface area contributed by atoms with Gasteiger partial charge in [0.1, 0.15) is 5.69 Å². The van der Waals surface area contributed by atoms with Crippen molar-refractivity contribution in [2.75, 3.05) is 0 Å². The van der Waals surface area contributed by atoms with Gasteiger partial charge in [0.15, 0.2) is 0 Å². The Balaban J connectivity index is 1.95. The number of fused-ring (bicyclic) bond motifs is 1. The molecule has 112 valence electrons. The molecule has 3 aromatic rings. The number of carbonyl (C=O) groups excluding carboxylic acids is 1. The molecule has 0 aliphatic heterocycles. The summed E-state index contributed by atoms with van der Waals surface area (Å²) in [5.74, 6) is -0.485. The van der Waals surface area contributed by atoms with Crippen molar-refractivity contribution in [3.05, 3.63) is 64.6 Å². The summed E-state index contributed by atoms with van der Waals surface area (Å²) in [5, 5.41) is 1.29. The van der Waals surface area contributed by atoms with E-state index in [0.29, 0.717) is 16.7 Å². The topological polar surface area (TPSA) is 45.8 Å². The van der Waals surface area contributed by atoms with Crippen molar-refractivity contribution in [1.82, 2.24) is 9.97 Å². The minimum absolute atomic E-state index is 0.0642. The predicted octanol–water partition coefficient (Wildman–Crippen LogP) is 4.47. The van der Waals surface area contributed by atoms with Gasteiger partial charge >= 0.3 is 6.18 Å². The Bertz CT molecular complexity index is 853. The fraction of sp³-hybridized carbons (Fsp3) is 0.0667. The fourth-order valence-electron chi connectivity index (χ4n) is 2.06. The highest BCUT2D eigenvalue weighted by molar-refractivity contribution is 6.31. The Hall–Kier alpha value is -2.34. The lowest BCUT2D eigenvalue weighted by Gasteiger charge is -2.05. The molecule has 0 spiro atoms. The monoisotopic (exact) mass is 324 g/mol. The number of ketones is 1. The average Bonchev–Trinajstić information content (AvgIpc) is 2.88. The van der Waals surface area contributed by atoms with Gasteiger partial charge in [0.05, 0.1) is 11.3 Å². The predicted molar refractivity (Wildman–Crippen MR) is 76.0 cm³/mol. The highest BCUT2D eigenvalue weighted by Crippen LogP contribution is 2.28. The third-order valence-electron chi connectivity index (χ3n) is 3.15. The van der Waals surface area contributed by atoms with Gasteiger partial charge in [-0.15, -0.1) is 0 Å². The number of nitrogens with zero attached hydrogens (tertiary/aromatic N) is 1.